The zero-order valence-corrected chi connectivity index (χ0v) is 11.0. The van der Waals surface area contributed by atoms with E-state index in [1.165, 1.54) is 29.7 Å². The van der Waals surface area contributed by atoms with Gasteiger partial charge in [0.15, 0.2) is 0 Å². The molecule has 0 saturated carbocycles. The van der Waals surface area contributed by atoms with Crippen molar-refractivity contribution in [3.8, 4) is 11.8 Å². The van der Waals surface area contributed by atoms with Crippen LogP contribution in [0.15, 0.2) is 6.07 Å². The van der Waals surface area contributed by atoms with E-state index in [0.717, 1.165) is 17.3 Å². The largest absolute Gasteiger partial charge is 0.309 e. The highest BCUT2D eigenvalue weighted by molar-refractivity contribution is 7.16. The number of aryl methyl sites for hydroxylation is 1. The molecule has 86 valence electrons. The number of hydrogen-bond acceptors (Lipinski definition) is 2. The number of thiophene rings is 1. The second-order valence-corrected chi connectivity index (χ2v) is 5.77. The van der Waals surface area contributed by atoms with Crippen LogP contribution in [-0.2, 0) is 6.42 Å². The number of rotatable bonds is 3. The van der Waals surface area contributed by atoms with E-state index in [1.54, 1.807) is 11.3 Å². The molecule has 0 bridgehead atoms. The molecule has 0 amide bonds. The van der Waals surface area contributed by atoms with Crippen molar-refractivity contribution < 1.29 is 0 Å². The lowest BCUT2D eigenvalue weighted by molar-refractivity contribution is 0.470. The molecule has 1 aromatic heterocycles. The van der Waals surface area contributed by atoms with Gasteiger partial charge in [0, 0.05) is 23.9 Å². The minimum atomic E-state index is 0.492. The molecule has 1 nitrogen and oxygen atoms in total. The Balaban J connectivity index is 1.97. The first kappa shape index (κ1) is 12.0. The van der Waals surface area contributed by atoms with E-state index in [0.29, 0.717) is 6.04 Å². The van der Waals surface area contributed by atoms with Crippen LogP contribution in [0, 0.1) is 11.8 Å². The lowest BCUT2D eigenvalue weighted by Gasteiger charge is -2.23. The van der Waals surface area contributed by atoms with E-state index in [-0.39, 0.29) is 0 Å². The fraction of sp³-hybridized carbons (Fsp3) is 0.538. The first-order chi connectivity index (χ1) is 7.81. The molecule has 0 aromatic carbocycles. The molecule has 0 aliphatic heterocycles. The molecule has 1 aliphatic rings. The molecule has 1 aromatic rings. The van der Waals surface area contributed by atoms with Crippen LogP contribution >= 0.6 is 22.9 Å². The molecule has 0 radical (unpaired) electrons. The number of fused-ring (bicyclic) bond motifs is 1. The first-order valence-electron chi connectivity index (χ1n) is 5.72. The zero-order valence-electron chi connectivity index (χ0n) is 9.48. The Morgan fingerprint density at radius 2 is 2.50 bits per heavy atom. The Kier molecular flexibility index (Phi) is 4.29. The van der Waals surface area contributed by atoms with Gasteiger partial charge in [0.05, 0.1) is 4.34 Å². The highest BCUT2D eigenvalue weighted by atomic mass is 35.5. The third-order valence-electron chi connectivity index (χ3n) is 2.90. The monoisotopic (exact) mass is 253 g/mol. The summed E-state index contributed by atoms with van der Waals surface area (Å²) in [5.41, 5.74) is 1.42. The molecular formula is C13H16ClNS. The summed E-state index contributed by atoms with van der Waals surface area (Å²) in [6, 6.07) is 2.62. The lowest BCUT2D eigenvalue weighted by Crippen LogP contribution is -2.24. The fourth-order valence-corrected chi connectivity index (χ4v) is 3.55. The maximum atomic E-state index is 6.07. The SMILES string of the molecule is CC#CCCNC1CCCc2sc(Cl)cc21. The van der Waals surface area contributed by atoms with Crippen molar-refractivity contribution in [3.05, 3.63) is 20.8 Å². The molecule has 1 aliphatic carbocycles. The average Bonchev–Trinajstić information content (AvgIpc) is 2.65. The van der Waals surface area contributed by atoms with Gasteiger partial charge < -0.3 is 5.32 Å². The molecule has 1 N–H and O–H groups in total. The van der Waals surface area contributed by atoms with Crippen LogP contribution in [-0.4, -0.2) is 6.54 Å². The quantitative estimate of drug-likeness (QED) is 0.639. The van der Waals surface area contributed by atoms with E-state index in [4.69, 9.17) is 11.6 Å². The van der Waals surface area contributed by atoms with Crippen LogP contribution < -0.4 is 5.32 Å². The van der Waals surface area contributed by atoms with Gasteiger partial charge in [-0.3, -0.25) is 0 Å². The highest BCUT2D eigenvalue weighted by Crippen LogP contribution is 2.37. The van der Waals surface area contributed by atoms with Crippen LogP contribution in [0.4, 0.5) is 0 Å². The summed E-state index contributed by atoms with van der Waals surface area (Å²) in [4.78, 5) is 1.47. The van der Waals surface area contributed by atoms with Gasteiger partial charge in [0.1, 0.15) is 0 Å². The Bertz CT molecular complexity index is 413. The number of hydrogen-bond donors (Lipinski definition) is 1. The predicted molar refractivity (Wildman–Crippen MR) is 71.1 cm³/mol. The van der Waals surface area contributed by atoms with Gasteiger partial charge in [0.2, 0.25) is 0 Å². The second-order valence-electron chi connectivity index (χ2n) is 4.00. The summed E-state index contributed by atoms with van der Waals surface area (Å²) >= 11 is 7.80. The van der Waals surface area contributed by atoms with Crippen molar-refractivity contribution in [2.24, 2.45) is 0 Å². The first-order valence-corrected chi connectivity index (χ1v) is 6.92. The average molecular weight is 254 g/mol. The molecule has 0 fully saturated rings. The summed E-state index contributed by atoms with van der Waals surface area (Å²) < 4.78 is 0.923. The molecule has 16 heavy (non-hydrogen) atoms. The Morgan fingerprint density at radius 3 is 3.31 bits per heavy atom. The summed E-state index contributed by atoms with van der Waals surface area (Å²) in [5.74, 6) is 6.00. The fourth-order valence-electron chi connectivity index (χ4n) is 2.17. The van der Waals surface area contributed by atoms with Crippen molar-refractivity contribution in [1.29, 1.82) is 0 Å². The maximum absolute atomic E-state index is 6.07. The molecule has 0 saturated heterocycles. The molecule has 0 spiro atoms. The zero-order chi connectivity index (χ0) is 11.4. The molecular weight excluding hydrogens is 238 g/mol. The topological polar surface area (TPSA) is 12.0 Å². The van der Waals surface area contributed by atoms with Crippen molar-refractivity contribution in [1.82, 2.24) is 5.32 Å². The third-order valence-corrected chi connectivity index (χ3v) is 4.24. The normalized spacial score (nSPS) is 18.8. The summed E-state index contributed by atoms with van der Waals surface area (Å²) in [6.45, 7) is 2.86. The van der Waals surface area contributed by atoms with Crippen molar-refractivity contribution in [2.75, 3.05) is 6.54 Å². The third kappa shape index (κ3) is 2.79. The maximum Gasteiger partial charge on any atom is 0.0934 e. The summed E-state index contributed by atoms with van der Waals surface area (Å²) in [7, 11) is 0. The minimum absolute atomic E-state index is 0.492. The van der Waals surface area contributed by atoms with Crippen LogP contribution in [0.25, 0.3) is 0 Å². The summed E-state index contributed by atoms with van der Waals surface area (Å²) in [5, 5.41) is 3.57. The Morgan fingerprint density at radius 1 is 1.62 bits per heavy atom. The Labute approximate surface area is 106 Å². The van der Waals surface area contributed by atoms with Crippen LogP contribution in [0.3, 0.4) is 0 Å². The van der Waals surface area contributed by atoms with Gasteiger partial charge in [-0.2, -0.15) is 0 Å². The predicted octanol–water partition coefficient (Wildman–Crippen LogP) is 3.78. The molecule has 1 heterocycles. The lowest BCUT2D eigenvalue weighted by atomic mass is 9.94. The summed E-state index contributed by atoms with van der Waals surface area (Å²) in [6.07, 6.45) is 4.61. The van der Waals surface area contributed by atoms with Crippen LogP contribution in [0.5, 0.6) is 0 Å². The van der Waals surface area contributed by atoms with Crippen molar-refractivity contribution in [3.63, 3.8) is 0 Å². The number of halogens is 1. The van der Waals surface area contributed by atoms with Gasteiger partial charge in [-0.1, -0.05) is 11.6 Å². The van der Waals surface area contributed by atoms with Crippen LogP contribution in [0.2, 0.25) is 4.34 Å². The van der Waals surface area contributed by atoms with Crippen molar-refractivity contribution >= 4 is 22.9 Å². The van der Waals surface area contributed by atoms with Gasteiger partial charge in [-0.15, -0.1) is 23.2 Å². The van der Waals surface area contributed by atoms with Gasteiger partial charge in [0.25, 0.3) is 0 Å². The van der Waals surface area contributed by atoms with E-state index < -0.39 is 0 Å². The molecule has 2 rings (SSSR count). The standard InChI is InChI=1S/C13H16ClNS/c1-2-3-4-8-15-11-6-5-7-12-10(11)9-13(14)16-12/h9,11,15H,4-8H2,1H3. The van der Waals surface area contributed by atoms with Gasteiger partial charge >= 0.3 is 0 Å². The van der Waals surface area contributed by atoms with E-state index >= 15 is 0 Å². The van der Waals surface area contributed by atoms with Gasteiger partial charge in [-0.05, 0) is 37.8 Å². The highest BCUT2D eigenvalue weighted by Gasteiger charge is 2.21. The van der Waals surface area contributed by atoms with E-state index in [9.17, 15) is 0 Å². The molecule has 1 atom stereocenters. The van der Waals surface area contributed by atoms with Crippen molar-refractivity contribution in [2.45, 2.75) is 38.6 Å². The minimum Gasteiger partial charge on any atom is -0.309 e. The van der Waals surface area contributed by atoms with E-state index in [2.05, 4.69) is 23.2 Å². The molecule has 1 unspecified atom stereocenters. The van der Waals surface area contributed by atoms with E-state index in [1.807, 2.05) is 6.92 Å². The smallest absolute Gasteiger partial charge is 0.0934 e. The molecule has 3 heteroatoms. The van der Waals surface area contributed by atoms with Gasteiger partial charge in [-0.25, -0.2) is 0 Å². The Hall–Kier alpha value is -0.490. The van der Waals surface area contributed by atoms with Crippen LogP contribution in [0.1, 0.15) is 42.7 Å². The number of nitrogens with one attached hydrogen (secondary N) is 1. The second kappa shape index (κ2) is 5.72.